The molecule has 0 amide bonds. The number of nitrogens with zero attached hydrogens (tertiary/aromatic N) is 4. The van der Waals surface area contributed by atoms with Crippen molar-refractivity contribution in [3.05, 3.63) is 459 Å². The Balaban J connectivity index is 0.000000138. The minimum atomic E-state index is -0.112. The Labute approximate surface area is 731 Å². The number of aromatic nitrogens is 2. The third-order valence-electron chi connectivity index (χ3n) is 27.9. The van der Waals surface area contributed by atoms with Crippen LogP contribution in [-0.4, -0.2) is 9.13 Å². The molecule has 0 bridgehead atoms. The molecule has 4 nitrogen and oxygen atoms in total. The van der Waals surface area contributed by atoms with Crippen LogP contribution in [0.4, 0.5) is 34.1 Å². The Morgan fingerprint density at radius 1 is 0.175 bits per heavy atom. The average molecular weight is 1610 g/mol. The summed E-state index contributed by atoms with van der Waals surface area (Å²) >= 11 is 0. The number of benzene rings is 22. The van der Waals surface area contributed by atoms with E-state index in [2.05, 4.69) is 483 Å². The van der Waals surface area contributed by atoms with Gasteiger partial charge in [-0.2, -0.15) is 0 Å². The monoisotopic (exact) mass is 1600 g/mol. The zero-order chi connectivity index (χ0) is 83.6. The lowest BCUT2D eigenvalue weighted by Gasteiger charge is -2.30. The summed E-state index contributed by atoms with van der Waals surface area (Å²) < 4.78 is 4.85. The van der Waals surface area contributed by atoms with Gasteiger partial charge in [0.25, 0.3) is 0 Å². The molecule has 0 saturated carbocycles. The highest BCUT2D eigenvalue weighted by atomic mass is 15.1. The zero-order valence-electron chi connectivity index (χ0n) is 70.4. The second-order valence-corrected chi connectivity index (χ2v) is 35.4. The number of fused-ring (bicyclic) bond motifs is 14. The van der Waals surface area contributed by atoms with E-state index in [4.69, 9.17) is 0 Å². The van der Waals surface area contributed by atoms with Crippen molar-refractivity contribution in [1.82, 2.24) is 9.13 Å². The van der Waals surface area contributed by atoms with Crippen LogP contribution in [0.2, 0.25) is 0 Å². The fourth-order valence-corrected chi connectivity index (χ4v) is 21.9. The molecule has 26 rings (SSSR count). The summed E-state index contributed by atoms with van der Waals surface area (Å²) in [5.74, 6) is 0. The fraction of sp³-hybridized carbons (Fsp3) is 0.0492. The molecule has 2 aliphatic rings. The van der Waals surface area contributed by atoms with E-state index in [9.17, 15) is 0 Å². The molecule has 0 radical (unpaired) electrons. The molecule has 0 spiro atoms. The first-order chi connectivity index (χ1) is 62.0. The van der Waals surface area contributed by atoms with Crippen molar-refractivity contribution in [1.29, 1.82) is 0 Å². The molecular formula is C122H84N4. The van der Waals surface area contributed by atoms with E-state index >= 15 is 0 Å². The largest absolute Gasteiger partial charge is 0.311 e. The maximum Gasteiger partial charge on any atom is 0.0553 e. The van der Waals surface area contributed by atoms with Gasteiger partial charge in [0.2, 0.25) is 0 Å². The van der Waals surface area contributed by atoms with E-state index in [-0.39, 0.29) is 10.8 Å². The number of para-hydroxylation sites is 4. The third kappa shape index (κ3) is 11.2. The van der Waals surface area contributed by atoms with Crippen LogP contribution >= 0.6 is 0 Å². The summed E-state index contributed by atoms with van der Waals surface area (Å²) in [7, 11) is 0. The van der Waals surface area contributed by atoms with Crippen molar-refractivity contribution in [2.75, 3.05) is 9.80 Å². The van der Waals surface area contributed by atoms with Gasteiger partial charge in [0.05, 0.1) is 22.1 Å². The van der Waals surface area contributed by atoms with Gasteiger partial charge < -0.3 is 18.9 Å². The first-order valence-electron chi connectivity index (χ1n) is 44.0. The van der Waals surface area contributed by atoms with Crippen LogP contribution in [0.25, 0.3) is 186 Å². The van der Waals surface area contributed by atoms with Crippen LogP contribution in [0.3, 0.4) is 0 Å². The van der Waals surface area contributed by atoms with E-state index in [0.717, 1.165) is 22.7 Å². The van der Waals surface area contributed by atoms with Gasteiger partial charge in [-0.1, -0.05) is 343 Å². The van der Waals surface area contributed by atoms with E-state index in [0.29, 0.717) is 0 Å². The zero-order valence-corrected chi connectivity index (χ0v) is 70.4. The van der Waals surface area contributed by atoms with Gasteiger partial charge in [0, 0.05) is 77.9 Å². The second-order valence-electron chi connectivity index (χ2n) is 35.4. The van der Waals surface area contributed by atoms with Crippen LogP contribution in [0.15, 0.2) is 437 Å². The van der Waals surface area contributed by atoms with E-state index in [1.807, 2.05) is 0 Å². The number of hydrogen-bond acceptors (Lipinski definition) is 2. The lowest BCUT2D eigenvalue weighted by Crippen LogP contribution is -2.18. The summed E-state index contributed by atoms with van der Waals surface area (Å²) in [5.41, 5.74) is 34.4. The van der Waals surface area contributed by atoms with Crippen molar-refractivity contribution in [3.8, 4) is 78.1 Å². The molecule has 0 unspecified atom stereocenters. The van der Waals surface area contributed by atoms with Crippen LogP contribution in [0.1, 0.15) is 49.9 Å². The predicted octanol–water partition coefficient (Wildman–Crippen LogP) is 33.6. The molecular weight excluding hydrogens is 1520 g/mol. The second kappa shape index (κ2) is 28.4. The van der Waals surface area contributed by atoms with E-state index in [1.54, 1.807) is 0 Å². The smallest absolute Gasteiger partial charge is 0.0553 e. The lowest BCUT2D eigenvalue weighted by molar-refractivity contribution is 0.660. The maximum atomic E-state index is 2.48. The molecule has 4 heteroatoms. The summed E-state index contributed by atoms with van der Waals surface area (Å²) in [6.07, 6.45) is 0. The summed E-state index contributed by atoms with van der Waals surface area (Å²) in [4.78, 5) is 4.83. The first kappa shape index (κ1) is 72.9. The molecule has 0 atom stereocenters. The van der Waals surface area contributed by atoms with Crippen molar-refractivity contribution < 1.29 is 0 Å². The standard InChI is InChI=1S/C64H46N2.C58H38N2/c1-63(2)54-19-11-8-16-47(54)49-32-29-44(37-56(49)63)65(45-30-33-50-48-17-9-12-20-55(48)64(3,4)57(50)38-45)43-27-24-39(25-28-43)46-31-26-40-22-23-41-36-59-62(53-35-34-51(46)60(40)61(41)53)52-18-10-13-21-58(52)66(59)42-14-6-5-7-15-42;1-4-12-39(13-5-1)41-22-29-47(30-23-41)59(48-31-24-42(25-32-48)40-14-6-2-7-15-40)49-33-26-43(27-34-49)50-35-28-44-20-21-45-38-55-58(53-37-36-51(50)56(44)57(45)53)52-18-10-11-19-54(52)60(55)46-16-8-3-9-17-46/h5-38H,1-4H3;1-38H. The molecule has 0 fully saturated rings. The average Bonchev–Trinajstić information content (AvgIpc) is 1.46. The first-order valence-corrected chi connectivity index (χ1v) is 44.0. The minimum Gasteiger partial charge on any atom is -0.311 e. The quantitative estimate of drug-likeness (QED) is 0.113. The van der Waals surface area contributed by atoms with Gasteiger partial charge in [-0.25, -0.2) is 0 Å². The van der Waals surface area contributed by atoms with E-state index in [1.165, 1.54) is 220 Å². The highest BCUT2D eigenvalue weighted by Gasteiger charge is 2.38. The molecule has 2 aromatic heterocycles. The molecule has 22 aromatic carbocycles. The Hall–Kier alpha value is -15.9. The van der Waals surface area contributed by atoms with Crippen LogP contribution in [0, 0.1) is 0 Å². The number of hydrogen-bond donors (Lipinski definition) is 0. The highest BCUT2D eigenvalue weighted by Crippen LogP contribution is 2.56. The highest BCUT2D eigenvalue weighted by molar-refractivity contribution is 6.36. The molecule has 0 aliphatic heterocycles. The van der Waals surface area contributed by atoms with Crippen molar-refractivity contribution in [3.63, 3.8) is 0 Å². The Morgan fingerprint density at radius 2 is 0.460 bits per heavy atom. The van der Waals surface area contributed by atoms with Gasteiger partial charge in [-0.05, 0) is 275 Å². The SMILES string of the molecule is CC1(C)c2ccccc2-c2ccc(N(c3ccc(-c4ccc5ccc6cc7c(c8ccc4c5c68)c4ccccc4n7-c4ccccc4)cc3)c3ccc4c(c3)C(C)(C)c3ccccc3-4)cc21.c1ccc(-c2ccc(N(c3ccc(-c4ccccc4)cc3)c3ccc(-c4ccc5ccc6cc7c(c8ccc4c5c68)c4ccccc4n7-c4ccccc4)cc3)cc2)cc1. The van der Waals surface area contributed by atoms with Gasteiger partial charge in [-0.15, -0.1) is 0 Å². The molecule has 24 aromatic rings. The molecule has 126 heavy (non-hydrogen) atoms. The van der Waals surface area contributed by atoms with E-state index < -0.39 is 0 Å². The normalized spacial score (nSPS) is 13.0. The van der Waals surface area contributed by atoms with Gasteiger partial charge in [0.15, 0.2) is 0 Å². The van der Waals surface area contributed by atoms with Gasteiger partial charge in [-0.3, -0.25) is 0 Å². The molecule has 0 saturated heterocycles. The Morgan fingerprint density at radius 3 is 0.865 bits per heavy atom. The minimum absolute atomic E-state index is 0.112. The Kier molecular flexibility index (Phi) is 16.4. The number of anilines is 6. The van der Waals surface area contributed by atoms with Gasteiger partial charge >= 0.3 is 0 Å². The van der Waals surface area contributed by atoms with Crippen molar-refractivity contribution in [2.45, 2.75) is 38.5 Å². The molecule has 2 heterocycles. The van der Waals surface area contributed by atoms with Crippen LogP contribution in [0.5, 0.6) is 0 Å². The number of rotatable bonds is 12. The summed E-state index contributed by atoms with van der Waals surface area (Å²) in [6, 6.07) is 162. The topological polar surface area (TPSA) is 16.3 Å². The van der Waals surface area contributed by atoms with Crippen molar-refractivity contribution >= 4 is 142 Å². The third-order valence-corrected chi connectivity index (χ3v) is 27.9. The van der Waals surface area contributed by atoms with Crippen molar-refractivity contribution in [2.24, 2.45) is 0 Å². The maximum absolute atomic E-state index is 2.48. The van der Waals surface area contributed by atoms with Crippen LogP contribution < -0.4 is 9.80 Å². The fourth-order valence-electron chi connectivity index (χ4n) is 21.9. The molecule has 592 valence electrons. The predicted molar refractivity (Wildman–Crippen MR) is 535 cm³/mol. The van der Waals surface area contributed by atoms with Crippen LogP contribution in [-0.2, 0) is 10.8 Å². The lowest BCUT2D eigenvalue weighted by atomic mass is 9.82. The molecule has 0 N–H and O–H groups in total. The van der Waals surface area contributed by atoms with Gasteiger partial charge in [0.1, 0.15) is 0 Å². The molecule has 2 aliphatic carbocycles. The Bertz CT molecular complexity index is 8260. The summed E-state index contributed by atoms with van der Waals surface area (Å²) in [6.45, 7) is 9.49. The summed E-state index contributed by atoms with van der Waals surface area (Å²) in [5, 5.41) is 20.7.